The number of carboxylic acids is 1. The van der Waals surface area contributed by atoms with E-state index in [4.69, 9.17) is 9.22 Å². The van der Waals surface area contributed by atoms with Gasteiger partial charge in [-0.3, -0.25) is 0 Å². The zero-order valence-electron chi connectivity index (χ0n) is 8.31. The zero-order valence-corrected chi connectivity index (χ0v) is 5.31. The van der Waals surface area contributed by atoms with Gasteiger partial charge in [0.15, 0.2) is 5.69 Å². The number of nitrogens with zero attached hydrogens (tertiary/aromatic N) is 2. The van der Waals surface area contributed by atoms with Gasteiger partial charge in [-0.2, -0.15) is 0 Å². The van der Waals surface area contributed by atoms with E-state index in [1.807, 2.05) is 0 Å². The fourth-order valence-corrected chi connectivity index (χ4v) is 0.479. The molecule has 1 rings (SSSR count). The molecule has 58 valence electrons. The highest BCUT2D eigenvalue weighted by Gasteiger charge is 2.03. The number of carbonyl (C=O) groups is 1. The first-order chi connectivity index (χ1) is 6.38. The van der Waals surface area contributed by atoms with Crippen LogP contribution in [0.2, 0.25) is 0 Å². The summed E-state index contributed by atoms with van der Waals surface area (Å²) in [6.45, 7) is 0. The number of hydrogen-bond donors (Lipinski definition) is 1. The van der Waals surface area contributed by atoms with Gasteiger partial charge in [0.05, 0.1) is 23.5 Å². The van der Waals surface area contributed by atoms with Crippen LogP contribution in [0, 0.1) is 0 Å². The monoisotopic (exact) mass is 157 g/mol. The Morgan fingerprint density at radius 2 is 2.55 bits per heavy atom. The van der Waals surface area contributed by atoms with E-state index in [0.717, 1.165) is 12.4 Å². The van der Waals surface area contributed by atoms with Crippen molar-refractivity contribution in [1.82, 2.24) is 9.97 Å². The summed E-state index contributed by atoms with van der Waals surface area (Å²) in [7, 11) is -2.61. The second kappa shape index (κ2) is 2.96. The quantitative estimate of drug-likeness (QED) is 0.663. The van der Waals surface area contributed by atoms with E-state index >= 15 is 0 Å². The smallest absolute Gasteiger partial charge is 0.356 e. The molecule has 5 nitrogen and oxygen atoms in total. The predicted octanol–water partition coefficient (Wildman–Crippen LogP) is 0.183. The van der Waals surface area contributed by atoms with Crippen LogP contribution in [0.25, 0.3) is 0 Å². The summed E-state index contributed by atoms with van der Waals surface area (Å²) >= 11 is 0. The van der Waals surface area contributed by atoms with E-state index in [9.17, 15) is 4.79 Å². The van der Waals surface area contributed by atoms with Gasteiger partial charge in [0, 0.05) is 0 Å². The minimum Gasteiger partial charge on any atom is -0.480 e. The van der Waals surface area contributed by atoms with Crippen LogP contribution < -0.4 is 4.74 Å². The van der Waals surface area contributed by atoms with Gasteiger partial charge in [-0.25, -0.2) is 14.8 Å². The minimum absolute atomic E-state index is 0.241. The molecule has 5 heteroatoms. The molecule has 0 aromatic carbocycles. The Bertz CT molecular complexity index is 335. The van der Waals surface area contributed by atoms with Crippen LogP contribution in [0.4, 0.5) is 0 Å². The Balaban J connectivity index is 2.79. The predicted molar refractivity (Wildman–Crippen MR) is 35.5 cm³/mol. The summed E-state index contributed by atoms with van der Waals surface area (Å²) in [5.74, 6) is -1.48. The first kappa shape index (κ1) is 4.27. The maximum absolute atomic E-state index is 10.3. The van der Waals surface area contributed by atoms with E-state index in [1.165, 1.54) is 0 Å². The number of aromatic carboxylic acids is 1. The third-order valence-electron chi connectivity index (χ3n) is 0.952. The highest BCUT2D eigenvalue weighted by molar-refractivity contribution is 5.84. The molecule has 0 saturated heterocycles. The molecule has 0 aliphatic heterocycles. The summed E-state index contributed by atoms with van der Waals surface area (Å²) in [5.41, 5.74) is -0.275. The van der Waals surface area contributed by atoms with Crippen LogP contribution in [0.3, 0.4) is 0 Å². The van der Waals surface area contributed by atoms with Crippen LogP contribution >= 0.6 is 0 Å². The lowest BCUT2D eigenvalue weighted by molar-refractivity contribution is 0.0690. The lowest BCUT2D eigenvalue weighted by atomic mass is 10.5. The van der Waals surface area contributed by atoms with Crippen LogP contribution in [-0.2, 0) is 0 Å². The first-order valence-electron chi connectivity index (χ1n) is 4.13. The van der Waals surface area contributed by atoms with Crippen LogP contribution in [-0.4, -0.2) is 28.1 Å². The van der Waals surface area contributed by atoms with Gasteiger partial charge in [-0.15, -0.1) is 0 Å². The van der Waals surface area contributed by atoms with Gasteiger partial charge >= 0.3 is 5.97 Å². The number of rotatable bonds is 2. The molecule has 0 fully saturated rings. The molecule has 0 unspecified atom stereocenters. The standard InChI is InChI=1S/C6H6N2O3/c1-11-5-3-7-4(2-8-5)6(9)10/h2-3H,1H3,(H,9,10)/i1D3. The number of hydrogen-bond acceptors (Lipinski definition) is 4. The summed E-state index contributed by atoms with van der Waals surface area (Å²) in [6.07, 6.45) is 1.86. The summed E-state index contributed by atoms with van der Waals surface area (Å²) < 4.78 is 24.6. The van der Waals surface area contributed by atoms with Gasteiger partial charge in [-0.1, -0.05) is 0 Å². The van der Waals surface area contributed by atoms with Crippen LogP contribution in [0.15, 0.2) is 12.4 Å². The third kappa shape index (κ3) is 1.64. The maximum Gasteiger partial charge on any atom is 0.356 e. The van der Waals surface area contributed by atoms with E-state index in [1.54, 1.807) is 0 Å². The topological polar surface area (TPSA) is 72.3 Å². The van der Waals surface area contributed by atoms with Gasteiger partial charge in [0.2, 0.25) is 5.88 Å². The number of ether oxygens (including phenoxy) is 1. The largest absolute Gasteiger partial charge is 0.480 e. The summed E-state index contributed by atoms with van der Waals surface area (Å²) in [4.78, 5) is 17.2. The van der Waals surface area contributed by atoms with Crippen molar-refractivity contribution >= 4 is 5.97 Å². The average molecular weight is 157 g/mol. The Hall–Kier alpha value is -1.65. The van der Waals surface area contributed by atoms with E-state index in [0.29, 0.717) is 0 Å². The van der Waals surface area contributed by atoms with E-state index < -0.39 is 13.0 Å². The lowest BCUT2D eigenvalue weighted by Gasteiger charge is -1.96. The second-order valence-electron chi connectivity index (χ2n) is 1.65. The fraction of sp³-hybridized carbons (Fsp3) is 0.167. The van der Waals surface area contributed by atoms with Gasteiger partial charge in [0.25, 0.3) is 0 Å². The molecule has 1 N–H and O–H groups in total. The van der Waals surface area contributed by atoms with Gasteiger partial charge in [-0.05, 0) is 0 Å². The Morgan fingerprint density at radius 1 is 1.73 bits per heavy atom. The van der Waals surface area contributed by atoms with Crippen molar-refractivity contribution in [3.8, 4) is 5.88 Å². The third-order valence-corrected chi connectivity index (χ3v) is 0.952. The van der Waals surface area contributed by atoms with Crippen molar-refractivity contribution in [2.45, 2.75) is 0 Å². The Morgan fingerprint density at radius 3 is 3.00 bits per heavy atom. The van der Waals surface area contributed by atoms with E-state index in [-0.39, 0.29) is 11.6 Å². The average Bonchev–Trinajstić information content (AvgIpc) is 2.02. The molecular weight excluding hydrogens is 148 g/mol. The number of carboxylic acid groups (broad SMARTS) is 1. The molecule has 0 spiro atoms. The van der Waals surface area contributed by atoms with Crippen molar-refractivity contribution in [2.75, 3.05) is 7.04 Å². The minimum atomic E-state index is -2.61. The van der Waals surface area contributed by atoms with Crippen LogP contribution in [0.1, 0.15) is 14.6 Å². The van der Waals surface area contributed by atoms with Crippen molar-refractivity contribution in [3.05, 3.63) is 18.1 Å². The molecule has 0 bridgehead atoms. The van der Waals surface area contributed by atoms with E-state index in [2.05, 4.69) is 14.7 Å². The lowest BCUT2D eigenvalue weighted by Crippen LogP contribution is -2.01. The Labute approximate surface area is 66.9 Å². The fourth-order valence-electron chi connectivity index (χ4n) is 0.479. The van der Waals surface area contributed by atoms with Crippen molar-refractivity contribution in [2.24, 2.45) is 0 Å². The Kier molecular flexibility index (Phi) is 1.15. The van der Waals surface area contributed by atoms with Crippen molar-refractivity contribution in [3.63, 3.8) is 0 Å². The maximum atomic E-state index is 10.3. The molecule has 0 amide bonds. The highest BCUT2D eigenvalue weighted by Crippen LogP contribution is 2.01. The molecule has 0 saturated carbocycles. The normalized spacial score (nSPS) is 14.4. The van der Waals surface area contributed by atoms with Crippen molar-refractivity contribution in [1.29, 1.82) is 0 Å². The SMILES string of the molecule is [2H]C([2H])([2H])Oc1cnc(C(=O)O)cn1. The van der Waals surface area contributed by atoms with Crippen LogP contribution in [0.5, 0.6) is 5.88 Å². The molecule has 1 aromatic heterocycles. The molecule has 0 aliphatic carbocycles. The summed E-state index contributed by atoms with van der Waals surface area (Å²) in [5, 5.41) is 8.45. The highest BCUT2D eigenvalue weighted by atomic mass is 16.5. The molecule has 0 aliphatic rings. The molecule has 0 atom stereocenters. The molecule has 11 heavy (non-hydrogen) atoms. The first-order valence-corrected chi connectivity index (χ1v) is 2.63. The number of aromatic nitrogens is 2. The second-order valence-corrected chi connectivity index (χ2v) is 1.65. The molecular formula is C6H6N2O3. The molecule has 1 aromatic rings. The van der Waals surface area contributed by atoms with Gasteiger partial charge < -0.3 is 9.84 Å². The van der Waals surface area contributed by atoms with Gasteiger partial charge in [0.1, 0.15) is 0 Å². The van der Waals surface area contributed by atoms with Crippen molar-refractivity contribution < 1.29 is 18.8 Å². The molecule has 0 radical (unpaired) electrons. The molecule has 1 heterocycles. The zero-order chi connectivity index (χ0) is 10.8. The summed E-state index contributed by atoms with van der Waals surface area (Å²) in [6, 6.07) is 0. The number of methoxy groups -OCH3 is 1.